The summed E-state index contributed by atoms with van der Waals surface area (Å²) in [4.78, 5) is 27.8. The third kappa shape index (κ3) is 3.97. The van der Waals surface area contributed by atoms with Gasteiger partial charge in [-0.1, -0.05) is 24.3 Å². The van der Waals surface area contributed by atoms with E-state index in [0.717, 1.165) is 16.9 Å². The number of nitrogens with one attached hydrogen (secondary N) is 1. The second kappa shape index (κ2) is 8.50. The van der Waals surface area contributed by atoms with E-state index in [1.807, 2.05) is 41.0 Å². The number of rotatable bonds is 6. The number of hydrogen-bond acceptors (Lipinski definition) is 6. The summed E-state index contributed by atoms with van der Waals surface area (Å²) >= 11 is 1.49. The van der Waals surface area contributed by atoms with Crippen LogP contribution in [0.4, 0.5) is 5.82 Å². The lowest BCUT2D eigenvalue weighted by Gasteiger charge is -2.20. The summed E-state index contributed by atoms with van der Waals surface area (Å²) in [7, 11) is 1.53. The summed E-state index contributed by atoms with van der Waals surface area (Å²) in [6, 6.07) is 15.3. The van der Waals surface area contributed by atoms with Gasteiger partial charge in [0.2, 0.25) is 5.91 Å². The SMILES string of the molecule is COc1ccc(C2SCC(=O)Nc3ncn(-c4ccccc4)c32)cc1OCC(N)=O. The minimum Gasteiger partial charge on any atom is -0.493 e. The largest absolute Gasteiger partial charge is 0.493 e. The van der Waals surface area contributed by atoms with Crippen LogP contribution in [0.3, 0.4) is 0 Å². The number of primary amides is 1. The van der Waals surface area contributed by atoms with E-state index in [9.17, 15) is 9.59 Å². The molecule has 0 saturated carbocycles. The molecular weight excluding hydrogens is 404 g/mol. The lowest BCUT2D eigenvalue weighted by Crippen LogP contribution is -2.20. The normalized spacial score (nSPS) is 15.6. The van der Waals surface area contributed by atoms with Crippen molar-refractivity contribution >= 4 is 29.4 Å². The highest BCUT2D eigenvalue weighted by atomic mass is 32.2. The van der Waals surface area contributed by atoms with Gasteiger partial charge < -0.3 is 20.5 Å². The van der Waals surface area contributed by atoms with Crippen molar-refractivity contribution in [2.45, 2.75) is 5.25 Å². The molecule has 0 saturated heterocycles. The number of aromatic nitrogens is 2. The van der Waals surface area contributed by atoms with Crippen molar-refractivity contribution in [2.75, 3.05) is 24.8 Å². The fraction of sp³-hybridized carbons (Fsp3) is 0.190. The molecule has 1 unspecified atom stereocenters. The number of hydrogen-bond donors (Lipinski definition) is 2. The van der Waals surface area contributed by atoms with Gasteiger partial charge >= 0.3 is 0 Å². The Balaban J connectivity index is 1.80. The van der Waals surface area contributed by atoms with Gasteiger partial charge in [-0.15, -0.1) is 11.8 Å². The minimum absolute atomic E-state index is 0.110. The number of methoxy groups -OCH3 is 1. The van der Waals surface area contributed by atoms with Crippen LogP contribution >= 0.6 is 11.8 Å². The first kappa shape index (κ1) is 19.8. The van der Waals surface area contributed by atoms with E-state index in [1.165, 1.54) is 18.9 Å². The summed E-state index contributed by atoms with van der Waals surface area (Å²) in [5.41, 5.74) is 7.89. The molecule has 1 atom stereocenters. The van der Waals surface area contributed by atoms with Crippen molar-refractivity contribution in [2.24, 2.45) is 5.73 Å². The molecule has 0 bridgehead atoms. The molecule has 154 valence electrons. The Labute approximate surface area is 177 Å². The van der Waals surface area contributed by atoms with Gasteiger partial charge in [-0.3, -0.25) is 14.2 Å². The third-order valence-corrected chi connectivity index (χ3v) is 5.84. The van der Waals surface area contributed by atoms with Crippen LogP contribution in [0, 0.1) is 0 Å². The number of anilines is 1. The average Bonchev–Trinajstić information content (AvgIpc) is 3.08. The fourth-order valence-electron chi connectivity index (χ4n) is 3.28. The average molecular weight is 424 g/mol. The van der Waals surface area contributed by atoms with Crippen molar-refractivity contribution in [1.82, 2.24) is 9.55 Å². The minimum atomic E-state index is -0.578. The highest BCUT2D eigenvalue weighted by Crippen LogP contribution is 2.44. The number of ether oxygens (including phenoxy) is 2. The van der Waals surface area contributed by atoms with Gasteiger partial charge in [-0.25, -0.2) is 4.98 Å². The van der Waals surface area contributed by atoms with E-state index < -0.39 is 5.91 Å². The van der Waals surface area contributed by atoms with E-state index in [-0.39, 0.29) is 23.5 Å². The Morgan fingerprint density at radius 2 is 2.07 bits per heavy atom. The van der Waals surface area contributed by atoms with E-state index in [0.29, 0.717) is 17.3 Å². The first-order chi connectivity index (χ1) is 14.6. The predicted octanol–water partition coefficient (Wildman–Crippen LogP) is 2.52. The molecule has 2 amide bonds. The van der Waals surface area contributed by atoms with Crippen LogP contribution in [0.1, 0.15) is 16.5 Å². The Hall–Kier alpha value is -3.46. The van der Waals surface area contributed by atoms with Crippen LogP contribution in [0.15, 0.2) is 54.9 Å². The van der Waals surface area contributed by atoms with Crippen molar-refractivity contribution in [3.05, 3.63) is 66.1 Å². The van der Waals surface area contributed by atoms with Gasteiger partial charge in [0.25, 0.3) is 5.91 Å². The summed E-state index contributed by atoms with van der Waals surface area (Å²) in [6.07, 6.45) is 1.70. The van der Waals surface area contributed by atoms with Crippen LogP contribution < -0.4 is 20.5 Å². The van der Waals surface area contributed by atoms with E-state index in [1.54, 1.807) is 18.5 Å². The molecule has 1 aromatic heterocycles. The zero-order chi connectivity index (χ0) is 21.1. The molecule has 3 aromatic rings. The summed E-state index contributed by atoms with van der Waals surface area (Å²) in [6.45, 7) is -0.259. The second-order valence-electron chi connectivity index (χ2n) is 6.59. The number of imidazole rings is 1. The molecule has 9 heteroatoms. The highest BCUT2D eigenvalue weighted by Gasteiger charge is 2.30. The number of amides is 2. The zero-order valence-electron chi connectivity index (χ0n) is 16.2. The van der Waals surface area contributed by atoms with E-state index >= 15 is 0 Å². The number of carbonyl (C=O) groups is 2. The van der Waals surface area contributed by atoms with Gasteiger partial charge in [-0.05, 0) is 29.8 Å². The van der Waals surface area contributed by atoms with Crippen molar-refractivity contribution < 1.29 is 19.1 Å². The first-order valence-electron chi connectivity index (χ1n) is 9.20. The maximum atomic E-state index is 12.2. The zero-order valence-corrected chi connectivity index (χ0v) is 17.0. The quantitative estimate of drug-likeness (QED) is 0.629. The lowest BCUT2D eigenvalue weighted by molar-refractivity contribution is -0.120. The molecule has 2 aromatic carbocycles. The van der Waals surface area contributed by atoms with Crippen LogP contribution in [-0.4, -0.2) is 40.8 Å². The summed E-state index contributed by atoms with van der Waals surface area (Å²) in [5, 5.41) is 2.68. The monoisotopic (exact) mass is 424 g/mol. The molecule has 3 N–H and O–H groups in total. The number of para-hydroxylation sites is 1. The lowest BCUT2D eigenvalue weighted by atomic mass is 10.1. The van der Waals surface area contributed by atoms with Crippen molar-refractivity contribution in [1.29, 1.82) is 0 Å². The maximum Gasteiger partial charge on any atom is 0.255 e. The molecule has 4 rings (SSSR count). The van der Waals surface area contributed by atoms with Crippen LogP contribution in [0.25, 0.3) is 5.69 Å². The van der Waals surface area contributed by atoms with E-state index in [2.05, 4.69) is 10.3 Å². The summed E-state index contributed by atoms with van der Waals surface area (Å²) in [5.74, 6) is 1.01. The number of nitrogens with two attached hydrogens (primary N) is 1. The van der Waals surface area contributed by atoms with E-state index in [4.69, 9.17) is 15.2 Å². The smallest absolute Gasteiger partial charge is 0.255 e. The summed E-state index contributed by atoms with van der Waals surface area (Å²) < 4.78 is 12.9. The van der Waals surface area contributed by atoms with Crippen LogP contribution in [0.5, 0.6) is 11.5 Å². The molecule has 0 aliphatic carbocycles. The van der Waals surface area contributed by atoms with Gasteiger partial charge in [0.15, 0.2) is 23.9 Å². The number of fused-ring (bicyclic) bond motifs is 1. The fourth-order valence-corrected chi connectivity index (χ4v) is 4.39. The van der Waals surface area contributed by atoms with Gasteiger partial charge in [0.1, 0.15) is 6.33 Å². The van der Waals surface area contributed by atoms with Crippen molar-refractivity contribution in [3.8, 4) is 17.2 Å². The topological polar surface area (TPSA) is 108 Å². The Bertz CT molecular complexity index is 1080. The molecule has 8 nitrogen and oxygen atoms in total. The van der Waals surface area contributed by atoms with Crippen molar-refractivity contribution in [3.63, 3.8) is 0 Å². The maximum absolute atomic E-state index is 12.2. The molecule has 30 heavy (non-hydrogen) atoms. The Morgan fingerprint density at radius 3 is 2.80 bits per heavy atom. The number of nitrogens with zero attached hydrogens (tertiary/aromatic N) is 2. The molecule has 2 heterocycles. The highest BCUT2D eigenvalue weighted by molar-refractivity contribution is 8.00. The van der Waals surface area contributed by atoms with Gasteiger partial charge in [-0.2, -0.15) is 0 Å². The second-order valence-corrected chi connectivity index (χ2v) is 7.68. The molecule has 0 fully saturated rings. The standard InChI is InChI=1S/C21H20N4O4S/c1-28-15-8-7-13(9-16(15)29-10-17(22)26)20-19-21(24-18(27)11-30-20)23-12-25(19)14-5-3-2-4-6-14/h2-9,12,20H,10-11H2,1H3,(H2,22,26)(H,24,27). The molecule has 1 aliphatic rings. The number of carbonyl (C=O) groups excluding carboxylic acids is 2. The first-order valence-corrected chi connectivity index (χ1v) is 10.2. The van der Waals surface area contributed by atoms with Crippen LogP contribution in [0.2, 0.25) is 0 Å². The molecule has 0 radical (unpaired) electrons. The molecular formula is C21H20N4O4S. The predicted molar refractivity (Wildman–Crippen MR) is 114 cm³/mol. The van der Waals surface area contributed by atoms with Gasteiger partial charge in [0, 0.05) is 5.69 Å². The Kier molecular flexibility index (Phi) is 5.62. The Morgan fingerprint density at radius 1 is 1.27 bits per heavy atom. The van der Waals surface area contributed by atoms with Gasteiger partial charge in [0.05, 0.1) is 23.8 Å². The molecule has 0 spiro atoms. The molecule has 1 aliphatic heterocycles. The third-order valence-electron chi connectivity index (χ3n) is 4.59. The number of benzene rings is 2. The number of thioether (sulfide) groups is 1. The van der Waals surface area contributed by atoms with Crippen LogP contribution in [-0.2, 0) is 9.59 Å².